The van der Waals surface area contributed by atoms with Crippen molar-refractivity contribution in [1.29, 1.82) is 0 Å². The Morgan fingerprint density at radius 2 is 2.23 bits per heavy atom. The molecule has 2 aliphatic heterocycles. The smallest absolute Gasteiger partial charge is 0.475 e. The summed E-state index contributed by atoms with van der Waals surface area (Å²) in [7, 11) is -3.91. The number of anilines is 1. The summed E-state index contributed by atoms with van der Waals surface area (Å²) in [5, 5.41) is 0. The molecule has 166 valence electrons. The minimum atomic E-state index is -3.91. The van der Waals surface area contributed by atoms with Gasteiger partial charge in [0.1, 0.15) is 12.2 Å². The molecule has 5 atom stereocenters. The second-order valence-corrected chi connectivity index (χ2v) is 9.24. The van der Waals surface area contributed by atoms with Crippen molar-refractivity contribution in [3.63, 3.8) is 0 Å². The summed E-state index contributed by atoms with van der Waals surface area (Å²) in [5.41, 5.74) is 4.30. The third-order valence-corrected chi connectivity index (χ3v) is 6.39. The first-order valence-corrected chi connectivity index (χ1v) is 11.2. The molecule has 13 heteroatoms. The van der Waals surface area contributed by atoms with Gasteiger partial charge in [0.25, 0.3) is 0 Å². The lowest BCUT2D eigenvalue weighted by Crippen LogP contribution is -2.45. The van der Waals surface area contributed by atoms with Gasteiger partial charge in [-0.15, -0.1) is 0 Å². The number of alkyl halides is 1. The number of phosphoric acid groups is 1. The average molecular weight is 445 g/mol. The van der Waals surface area contributed by atoms with E-state index in [0.29, 0.717) is 12.1 Å². The number of nitrogens with zero attached hydrogens (tertiary/aromatic N) is 4. The molecule has 1 unspecified atom stereocenters. The monoisotopic (exact) mass is 445 g/mol. The standard InChI is InChI=1S/C17H25FN5O6P/c1-5-6-25-14-11-13(21-16(19)22-14)23(8-20-11)15-17(4,18)12-10(27-15)7-26-30(24,29-12)28-9(2)3/h8-10,12,15H,5-7H2,1-4H3,(H2,19,21,22)/t10-,12-,15-,17-,30?/m1/s1. The van der Waals surface area contributed by atoms with Gasteiger partial charge in [-0.2, -0.15) is 9.97 Å². The maximum absolute atomic E-state index is 16.0. The minimum absolute atomic E-state index is 0.0410. The summed E-state index contributed by atoms with van der Waals surface area (Å²) in [6.07, 6.45) is -1.43. The van der Waals surface area contributed by atoms with E-state index in [-0.39, 0.29) is 24.1 Å². The van der Waals surface area contributed by atoms with Gasteiger partial charge in [0.2, 0.25) is 11.8 Å². The number of fused-ring (bicyclic) bond motifs is 2. The van der Waals surface area contributed by atoms with E-state index in [4.69, 9.17) is 28.8 Å². The molecular formula is C17H25FN5O6P. The van der Waals surface area contributed by atoms with Crippen molar-refractivity contribution in [1.82, 2.24) is 19.5 Å². The van der Waals surface area contributed by atoms with Gasteiger partial charge in [0.15, 0.2) is 23.1 Å². The van der Waals surface area contributed by atoms with Crippen molar-refractivity contribution in [2.75, 3.05) is 18.9 Å². The highest BCUT2D eigenvalue weighted by molar-refractivity contribution is 7.48. The first-order valence-electron chi connectivity index (χ1n) is 9.73. The van der Waals surface area contributed by atoms with Crippen molar-refractivity contribution < 1.29 is 32.0 Å². The van der Waals surface area contributed by atoms with Gasteiger partial charge in [0, 0.05) is 0 Å². The van der Waals surface area contributed by atoms with E-state index >= 15 is 4.39 Å². The number of hydrogen-bond donors (Lipinski definition) is 1. The largest absolute Gasteiger partial charge is 0.476 e. The number of nitrogen functional groups attached to an aromatic ring is 1. The highest BCUT2D eigenvalue weighted by Gasteiger charge is 2.61. The third kappa shape index (κ3) is 3.67. The predicted molar refractivity (Wildman–Crippen MR) is 104 cm³/mol. The molecule has 0 aliphatic carbocycles. The summed E-state index contributed by atoms with van der Waals surface area (Å²) in [5.74, 6) is 0.171. The molecule has 2 saturated heterocycles. The zero-order valence-electron chi connectivity index (χ0n) is 17.1. The van der Waals surface area contributed by atoms with Crippen LogP contribution in [0.2, 0.25) is 0 Å². The summed E-state index contributed by atoms with van der Waals surface area (Å²) < 4.78 is 57.5. The molecule has 0 saturated carbocycles. The van der Waals surface area contributed by atoms with Crippen molar-refractivity contribution in [3.8, 4) is 5.88 Å². The molecule has 2 N–H and O–H groups in total. The van der Waals surface area contributed by atoms with E-state index in [1.54, 1.807) is 13.8 Å². The average Bonchev–Trinajstić information content (AvgIpc) is 3.17. The summed E-state index contributed by atoms with van der Waals surface area (Å²) in [6.45, 7) is 6.89. The van der Waals surface area contributed by atoms with Gasteiger partial charge in [-0.1, -0.05) is 6.92 Å². The Kier molecular flexibility index (Phi) is 5.48. The molecule has 2 aromatic heterocycles. The first kappa shape index (κ1) is 21.4. The van der Waals surface area contributed by atoms with Crippen LogP contribution in [-0.4, -0.2) is 56.7 Å². The lowest BCUT2D eigenvalue weighted by atomic mass is 9.98. The molecule has 2 aromatic rings. The van der Waals surface area contributed by atoms with Crippen LogP contribution in [0, 0.1) is 0 Å². The fraction of sp³-hybridized carbons (Fsp3) is 0.706. The minimum Gasteiger partial charge on any atom is -0.476 e. The Hall–Kier alpha value is -1.85. The van der Waals surface area contributed by atoms with Crippen molar-refractivity contribution in [3.05, 3.63) is 6.33 Å². The van der Waals surface area contributed by atoms with Gasteiger partial charge < -0.3 is 15.2 Å². The normalized spacial score (nSPS) is 33.9. The highest BCUT2D eigenvalue weighted by atomic mass is 31.2. The van der Waals surface area contributed by atoms with Crippen molar-refractivity contribution >= 4 is 24.9 Å². The quantitative estimate of drug-likeness (QED) is 0.662. The molecule has 0 amide bonds. The summed E-state index contributed by atoms with van der Waals surface area (Å²) in [4.78, 5) is 12.5. The Morgan fingerprint density at radius 1 is 1.47 bits per heavy atom. The molecule has 0 bridgehead atoms. The van der Waals surface area contributed by atoms with Crippen LogP contribution in [-0.2, 0) is 22.9 Å². The van der Waals surface area contributed by atoms with Crippen LogP contribution in [0.1, 0.15) is 40.3 Å². The van der Waals surface area contributed by atoms with Crippen LogP contribution in [0.25, 0.3) is 11.2 Å². The molecule has 30 heavy (non-hydrogen) atoms. The molecule has 0 aromatic carbocycles. The van der Waals surface area contributed by atoms with E-state index in [9.17, 15) is 4.57 Å². The molecular weight excluding hydrogens is 420 g/mol. The van der Waals surface area contributed by atoms with Crippen LogP contribution in [0.5, 0.6) is 5.88 Å². The van der Waals surface area contributed by atoms with Crippen LogP contribution in [0.15, 0.2) is 6.33 Å². The fourth-order valence-corrected chi connectivity index (χ4v) is 5.17. The van der Waals surface area contributed by atoms with E-state index in [2.05, 4.69) is 15.0 Å². The Bertz CT molecular complexity index is 985. The molecule has 0 radical (unpaired) electrons. The third-order valence-electron chi connectivity index (χ3n) is 4.76. The maximum atomic E-state index is 16.0. The zero-order valence-corrected chi connectivity index (χ0v) is 18.0. The number of aromatic nitrogens is 4. The molecule has 11 nitrogen and oxygen atoms in total. The van der Waals surface area contributed by atoms with Crippen LogP contribution in [0.3, 0.4) is 0 Å². The van der Waals surface area contributed by atoms with Crippen molar-refractivity contribution in [2.45, 2.75) is 64.3 Å². The SMILES string of the molecule is CCCOc1nc(N)nc2c1ncn2[C@@H]1O[C@@H]2COP(=O)(OC(C)C)O[C@H]2[C@@]1(C)F. The number of hydrogen-bond acceptors (Lipinski definition) is 10. The Morgan fingerprint density at radius 3 is 2.93 bits per heavy atom. The van der Waals surface area contributed by atoms with Gasteiger partial charge in [-0.25, -0.2) is 13.9 Å². The van der Waals surface area contributed by atoms with Crippen LogP contribution >= 0.6 is 7.82 Å². The van der Waals surface area contributed by atoms with Gasteiger partial charge in [0.05, 0.1) is 25.6 Å². The fourth-order valence-electron chi connectivity index (χ4n) is 3.53. The van der Waals surface area contributed by atoms with Gasteiger partial charge >= 0.3 is 7.82 Å². The summed E-state index contributed by atoms with van der Waals surface area (Å²) in [6, 6.07) is 0. The number of imidazole rings is 1. The van der Waals surface area contributed by atoms with Gasteiger partial charge in [-0.3, -0.25) is 18.1 Å². The first-order chi connectivity index (χ1) is 14.1. The van der Waals surface area contributed by atoms with E-state index in [1.165, 1.54) is 17.8 Å². The Balaban J connectivity index is 1.68. The number of ether oxygens (including phenoxy) is 2. The van der Waals surface area contributed by atoms with E-state index < -0.39 is 38.0 Å². The van der Waals surface area contributed by atoms with E-state index in [1.807, 2.05) is 6.92 Å². The maximum Gasteiger partial charge on any atom is 0.475 e. The lowest BCUT2D eigenvalue weighted by Gasteiger charge is -2.34. The Labute approximate surface area is 172 Å². The summed E-state index contributed by atoms with van der Waals surface area (Å²) >= 11 is 0. The number of nitrogens with two attached hydrogens (primary N) is 1. The second kappa shape index (κ2) is 7.69. The zero-order chi connectivity index (χ0) is 21.7. The van der Waals surface area contributed by atoms with Crippen molar-refractivity contribution in [2.24, 2.45) is 0 Å². The van der Waals surface area contributed by atoms with Gasteiger partial charge in [-0.05, 0) is 27.2 Å². The highest BCUT2D eigenvalue weighted by Crippen LogP contribution is 2.60. The predicted octanol–water partition coefficient (Wildman–Crippen LogP) is 2.77. The molecule has 4 rings (SSSR count). The van der Waals surface area contributed by atoms with E-state index in [0.717, 1.165) is 6.42 Å². The lowest BCUT2D eigenvalue weighted by molar-refractivity contribution is -0.0733. The number of rotatable bonds is 6. The van der Waals surface area contributed by atoms with Crippen LogP contribution < -0.4 is 10.5 Å². The number of halogens is 1. The molecule has 2 fully saturated rings. The topological polar surface area (TPSA) is 133 Å². The molecule has 0 spiro atoms. The van der Waals surface area contributed by atoms with Crippen LogP contribution in [0.4, 0.5) is 10.3 Å². The molecule has 2 aliphatic rings. The number of phosphoric ester groups is 1. The molecule has 4 heterocycles. The second-order valence-electron chi connectivity index (χ2n) is 7.66.